The highest BCUT2D eigenvalue weighted by Crippen LogP contribution is 2.11. The Labute approximate surface area is 156 Å². The van der Waals surface area contributed by atoms with E-state index in [2.05, 4.69) is 39.9 Å². The molecule has 0 bridgehead atoms. The van der Waals surface area contributed by atoms with E-state index in [4.69, 9.17) is 24.4 Å². The number of carbonyl (C=O) groups excluding carboxylic acids is 1. The Morgan fingerprint density at radius 2 is 1.19 bits per heavy atom. The third kappa shape index (κ3) is 2.89. The van der Waals surface area contributed by atoms with E-state index in [0.29, 0.717) is 33.0 Å². The van der Waals surface area contributed by atoms with Crippen molar-refractivity contribution in [3.05, 3.63) is 71.9 Å². The summed E-state index contributed by atoms with van der Waals surface area (Å²) in [7, 11) is 0. The fraction of sp³-hybridized carbons (Fsp3) is 0. The molecule has 4 heterocycles. The molecule has 4 aromatic rings. The molecule has 0 atom stereocenters. The maximum absolute atomic E-state index is 12.6. The molecule has 0 amide bonds. The van der Waals surface area contributed by atoms with Gasteiger partial charge in [0.05, 0.1) is 12.4 Å². The van der Waals surface area contributed by atoms with Crippen LogP contribution in [0.2, 0.25) is 0 Å². The molecule has 0 aliphatic rings. The Kier molecular flexibility index (Phi) is 4.07. The van der Waals surface area contributed by atoms with Crippen LogP contribution in [0.25, 0.3) is 0 Å². The van der Waals surface area contributed by atoms with E-state index < -0.39 is 0 Å². The van der Waals surface area contributed by atoms with Crippen LogP contribution < -0.4 is 0 Å². The second-order valence-corrected chi connectivity index (χ2v) is 5.97. The van der Waals surface area contributed by atoms with Crippen molar-refractivity contribution < 1.29 is 4.79 Å². The van der Waals surface area contributed by atoms with E-state index in [1.54, 1.807) is 24.8 Å². The van der Waals surface area contributed by atoms with Crippen LogP contribution in [0.3, 0.4) is 0 Å². The maximum atomic E-state index is 12.6. The van der Waals surface area contributed by atoms with Crippen molar-refractivity contribution in [3.63, 3.8) is 0 Å². The molecule has 0 saturated carbocycles. The summed E-state index contributed by atoms with van der Waals surface area (Å²) in [6, 6.07) is 0. The van der Waals surface area contributed by atoms with Crippen molar-refractivity contribution in [2.75, 3.05) is 0 Å². The van der Waals surface area contributed by atoms with E-state index in [-0.39, 0.29) is 17.2 Å². The SMILES string of the molecule is O=C(c1cnc(C(=S)c2ncc[nH]2)[nH]1)c1cnc(C(=S)c2ncc[nH]2)[nH]1. The average Bonchev–Trinajstić information content (AvgIpc) is 3.45. The van der Waals surface area contributed by atoms with Gasteiger partial charge in [0, 0.05) is 24.8 Å². The number of ketones is 1. The predicted molar refractivity (Wildman–Crippen MR) is 99.4 cm³/mol. The zero-order chi connectivity index (χ0) is 18.1. The van der Waals surface area contributed by atoms with Crippen LogP contribution >= 0.6 is 24.4 Å². The van der Waals surface area contributed by atoms with Crippen molar-refractivity contribution in [2.45, 2.75) is 0 Å². The molecule has 0 radical (unpaired) electrons. The van der Waals surface area contributed by atoms with Gasteiger partial charge < -0.3 is 19.9 Å². The smallest absolute Gasteiger partial charge is 0.228 e. The quantitative estimate of drug-likeness (QED) is 0.292. The molecule has 0 saturated heterocycles. The highest BCUT2D eigenvalue weighted by Gasteiger charge is 2.19. The van der Waals surface area contributed by atoms with Gasteiger partial charge >= 0.3 is 0 Å². The minimum atomic E-state index is -0.313. The number of hydrogen-bond acceptors (Lipinski definition) is 7. The van der Waals surface area contributed by atoms with Gasteiger partial charge in [-0.2, -0.15) is 0 Å². The number of nitrogens with one attached hydrogen (secondary N) is 4. The first kappa shape index (κ1) is 16.2. The topological polar surface area (TPSA) is 132 Å². The monoisotopic (exact) mass is 382 g/mol. The van der Waals surface area contributed by atoms with Crippen molar-refractivity contribution >= 4 is 39.9 Å². The molecule has 26 heavy (non-hydrogen) atoms. The summed E-state index contributed by atoms with van der Waals surface area (Å²) < 4.78 is 0. The molecule has 4 rings (SSSR count). The molecule has 0 unspecified atom stereocenters. The number of aromatic amines is 4. The minimum absolute atomic E-state index is 0.271. The van der Waals surface area contributed by atoms with Gasteiger partial charge in [0.2, 0.25) is 5.78 Å². The molecule has 4 N–H and O–H groups in total. The molecular formula is C15H10N8OS2. The Balaban J connectivity index is 1.55. The average molecular weight is 382 g/mol. The first-order valence-electron chi connectivity index (χ1n) is 7.36. The third-order valence-corrected chi connectivity index (χ3v) is 4.27. The zero-order valence-electron chi connectivity index (χ0n) is 13.0. The van der Waals surface area contributed by atoms with Crippen LogP contribution in [0.5, 0.6) is 0 Å². The highest BCUT2D eigenvalue weighted by molar-refractivity contribution is 7.81. The number of aromatic nitrogens is 8. The van der Waals surface area contributed by atoms with Crippen LogP contribution in [0, 0.1) is 0 Å². The molecular weight excluding hydrogens is 372 g/mol. The van der Waals surface area contributed by atoms with Gasteiger partial charge in [-0.1, -0.05) is 24.4 Å². The van der Waals surface area contributed by atoms with E-state index in [9.17, 15) is 4.79 Å². The summed E-state index contributed by atoms with van der Waals surface area (Å²) >= 11 is 10.6. The number of nitrogens with zero attached hydrogens (tertiary/aromatic N) is 4. The van der Waals surface area contributed by atoms with E-state index in [1.165, 1.54) is 12.4 Å². The maximum Gasteiger partial charge on any atom is 0.228 e. The lowest BCUT2D eigenvalue weighted by molar-refractivity contribution is 0.103. The second-order valence-electron chi connectivity index (χ2n) is 5.15. The molecule has 0 spiro atoms. The summed E-state index contributed by atoms with van der Waals surface area (Å²) in [4.78, 5) is 41.4. The Hall–Kier alpha value is -3.31. The van der Waals surface area contributed by atoms with Crippen LogP contribution in [-0.2, 0) is 0 Å². The van der Waals surface area contributed by atoms with E-state index in [1.807, 2.05) is 0 Å². The number of imidazole rings is 4. The van der Waals surface area contributed by atoms with Gasteiger partial charge in [-0.3, -0.25) is 4.79 Å². The van der Waals surface area contributed by atoms with Crippen LogP contribution in [0.1, 0.15) is 39.5 Å². The third-order valence-electron chi connectivity index (χ3n) is 3.50. The fourth-order valence-corrected chi connectivity index (χ4v) is 2.68. The summed E-state index contributed by atoms with van der Waals surface area (Å²) in [5.74, 6) is 1.45. The molecule has 0 aliphatic heterocycles. The molecule has 128 valence electrons. The van der Waals surface area contributed by atoms with Crippen LogP contribution in [0.15, 0.2) is 37.2 Å². The first-order valence-corrected chi connectivity index (χ1v) is 8.18. The molecule has 0 aliphatic carbocycles. The summed E-state index contributed by atoms with van der Waals surface area (Å²) in [6.07, 6.45) is 9.32. The highest BCUT2D eigenvalue weighted by atomic mass is 32.1. The Morgan fingerprint density at radius 3 is 1.58 bits per heavy atom. The van der Waals surface area contributed by atoms with Gasteiger partial charge in [0.1, 0.15) is 21.1 Å². The zero-order valence-corrected chi connectivity index (χ0v) is 14.6. The van der Waals surface area contributed by atoms with Crippen molar-refractivity contribution in [3.8, 4) is 0 Å². The number of H-pyrrole nitrogens is 4. The Bertz CT molecular complexity index is 1000. The summed E-state index contributed by atoms with van der Waals surface area (Å²) in [5.41, 5.74) is 0.543. The standard InChI is InChI=1S/C15H10N8OS2/c24-9(7-5-20-14(22-7)10(25)12-16-1-2-17-12)8-6-21-15(23-8)11(26)13-18-3-4-19-13/h1-6H,(H,16,17)(H,18,19)(H,20,22)(H,21,23). The van der Waals surface area contributed by atoms with Gasteiger partial charge in [0.25, 0.3) is 0 Å². The first-order chi connectivity index (χ1) is 12.6. The number of rotatable bonds is 6. The lowest BCUT2D eigenvalue weighted by Gasteiger charge is -1.97. The van der Waals surface area contributed by atoms with E-state index in [0.717, 1.165) is 0 Å². The second kappa shape index (κ2) is 6.54. The van der Waals surface area contributed by atoms with Crippen molar-refractivity contribution in [1.82, 2.24) is 39.9 Å². The van der Waals surface area contributed by atoms with Gasteiger partial charge in [-0.25, -0.2) is 19.9 Å². The summed E-state index contributed by atoms with van der Waals surface area (Å²) in [5, 5.41) is 0. The molecule has 0 fully saturated rings. The molecule has 0 aromatic carbocycles. The number of thiocarbonyl (C=S) groups is 2. The minimum Gasteiger partial charge on any atom is -0.344 e. The molecule has 9 nitrogen and oxygen atoms in total. The summed E-state index contributed by atoms with van der Waals surface area (Å²) in [6.45, 7) is 0. The predicted octanol–water partition coefficient (Wildman–Crippen LogP) is 1.34. The normalized spacial score (nSPS) is 10.8. The van der Waals surface area contributed by atoms with Crippen molar-refractivity contribution in [1.29, 1.82) is 0 Å². The molecule has 4 aromatic heterocycles. The Morgan fingerprint density at radius 1 is 0.731 bits per heavy atom. The van der Waals surface area contributed by atoms with Gasteiger partial charge in [0.15, 0.2) is 23.3 Å². The van der Waals surface area contributed by atoms with Gasteiger partial charge in [-0.15, -0.1) is 0 Å². The van der Waals surface area contributed by atoms with Gasteiger partial charge in [-0.05, 0) is 0 Å². The van der Waals surface area contributed by atoms with Crippen molar-refractivity contribution in [2.24, 2.45) is 0 Å². The van der Waals surface area contributed by atoms with Crippen LogP contribution in [0.4, 0.5) is 0 Å². The van der Waals surface area contributed by atoms with Crippen LogP contribution in [-0.4, -0.2) is 55.4 Å². The molecule has 11 heteroatoms. The number of hydrogen-bond donors (Lipinski definition) is 4. The fourth-order valence-electron chi connectivity index (χ4n) is 2.25. The van der Waals surface area contributed by atoms with E-state index >= 15 is 0 Å². The number of carbonyl (C=O) groups is 1. The lowest BCUT2D eigenvalue weighted by atomic mass is 10.2. The largest absolute Gasteiger partial charge is 0.344 e. The lowest BCUT2D eigenvalue weighted by Crippen LogP contribution is -2.08.